The van der Waals surface area contributed by atoms with E-state index in [1.54, 1.807) is 17.3 Å². The monoisotopic (exact) mass is 404 g/mol. The van der Waals surface area contributed by atoms with Crippen molar-refractivity contribution in [2.75, 3.05) is 23.4 Å². The normalized spacial score (nSPS) is 22.8. The fraction of sp³-hybridized carbons (Fsp3) is 0.409. The summed E-state index contributed by atoms with van der Waals surface area (Å²) in [4.78, 5) is 32.8. The quantitative estimate of drug-likeness (QED) is 0.837. The molecule has 5 rings (SSSR count). The minimum Gasteiger partial charge on any atom is -0.377 e. The summed E-state index contributed by atoms with van der Waals surface area (Å²) in [6, 6.07) is 0.234. The van der Waals surface area contributed by atoms with E-state index in [1.807, 2.05) is 33.2 Å². The number of anilines is 2. The Bertz CT molecular complexity index is 1060. The summed E-state index contributed by atoms with van der Waals surface area (Å²) in [5, 5.41) is 3.31. The molecule has 0 saturated carbocycles. The molecule has 154 valence electrons. The van der Waals surface area contributed by atoms with E-state index in [-0.39, 0.29) is 17.9 Å². The summed E-state index contributed by atoms with van der Waals surface area (Å²) in [6.45, 7) is 7.18. The number of nitrogens with one attached hydrogen (secondary N) is 1. The van der Waals surface area contributed by atoms with Crippen LogP contribution >= 0.6 is 0 Å². The van der Waals surface area contributed by atoms with E-state index in [2.05, 4.69) is 37.4 Å². The molecule has 3 aliphatic rings. The maximum Gasteiger partial charge on any atom is 0.238 e. The molecule has 1 unspecified atom stereocenters. The molecule has 1 atom stereocenters. The van der Waals surface area contributed by atoms with Crippen LogP contribution in [0.25, 0.3) is 5.57 Å². The van der Waals surface area contributed by atoms with Crippen molar-refractivity contribution < 1.29 is 9.53 Å². The van der Waals surface area contributed by atoms with E-state index >= 15 is 0 Å². The van der Waals surface area contributed by atoms with Crippen LogP contribution < -0.4 is 10.2 Å². The van der Waals surface area contributed by atoms with Crippen LogP contribution in [0.2, 0.25) is 0 Å². The maximum absolute atomic E-state index is 13.4. The Hall–Kier alpha value is -3.13. The zero-order valence-corrected chi connectivity index (χ0v) is 17.3. The Labute approximate surface area is 175 Å². The van der Waals surface area contributed by atoms with Gasteiger partial charge in [-0.05, 0) is 25.0 Å². The first-order valence-corrected chi connectivity index (χ1v) is 10.1. The number of allylic oxidation sites excluding steroid dienone is 4. The average Bonchev–Trinajstić information content (AvgIpc) is 2.91. The van der Waals surface area contributed by atoms with Crippen LogP contribution in [0.4, 0.5) is 11.6 Å². The van der Waals surface area contributed by atoms with Gasteiger partial charge in [-0.15, -0.1) is 0 Å². The number of ether oxygens (including phenoxy) is 1. The third kappa shape index (κ3) is 3.08. The topological polar surface area (TPSA) is 93.1 Å². The van der Waals surface area contributed by atoms with Gasteiger partial charge in [-0.2, -0.15) is 0 Å². The van der Waals surface area contributed by atoms with Gasteiger partial charge in [0.15, 0.2) is 5.82 Å². The van der Waals surface area contributed by atoms with Crippen LogP contribution in [0.1, 0.15) is 31.7 Å². The van der Waals surface area contributed by atoms with Crippen molar-refractivity contribution in [1.82, 2.24) is 19.9 Å². The predicted molar refractivity (Wildman–Crippen MR) is 112 cm³/mol. The Morgan fingerprint density at radius 1 is 1.17 bits per heavy atom. The van der Waals surface area contributed by atoms with Crippen LogP contribution in [-0.4, -0.2) is 45.1 Å². The van der Waals surface area contributed by atoms with E-state index in [4.69, 9.17) is 4.74 Å². The first-order valence-electron chi connectivity index (χ1n) is 10.1. The number of nitrogens with zero attached hydrogens (tertiary/aromatic N) is 5. The molecule has 2 saturated heterocycles. The fourth-order valence-electron chi connectivity index (χ4n) is 4.16. The minimum absolute atomic E-state index is 0.0342. The average molecular weight is 404 g/mol. The molecular weight excluding hydrogens is 380 g/mol. The molecule has 0 aromatic carbocycles. The van der Waals surface area contributed by atoms with E-state index in [9.17, 15) is 4.79 Å². The predicted octanol–water partition coefficient (Wildman–Crippen LogP) is 2.75. The number of fused-ring (bicyclic) bond motifs is 1. The first-order chi connectivity index (χ1) is 14.4. The summed E-state index contributed by atoms with van der Waals surface area (Å²) in [6.07, 6.45) is 12.0. The molecule has 30 heavy (non-hydrogen) atoms. The van der Waals surface area contributed by atoms with Gasteiger partial charge in [-0.1, -0.05) is 19.9 Å². The lowest BCUT2D eigenvalue weighted by molar-refractivity contribution is -0.125. The fourth-order valence-corrected chi connectivity index (χ4v) is 4.16. The lowest BCUT2D eigenvalue weighted by atomic mass is 9.75. The van der Waals surface area contributed by atoms with Crippen LogP contribution in [0, 0.1) is 18.3 Å². The number of hydrogen-bond acceptors (Lipinski definition) is 7. The molecular formula is C22H24N6O2. The highest BCUT2D eigenvalue weighted by Gasteiger charge is 2.52. The van der Waals surface area contributed by atoms with Gasteiger partial charge in [-0.25, -0.2) is 15.0 Å². The second-order valence-electron chi connectivity index (χ2n) is 8.54. The van der Waals surface area contributed by atoms with E-state index in [0.29, 0.717) is 24.8 Å². The van der Waals surface area contributed by atoms with Crippen molar-refractivity contribution in [2.24, 2.45) is 11.3 Å². The number of aromatic nitrogens is 4. The minimum atomic E-state index is -0.523. The Morgan fingerprint density at radius 3 is 2.63 bits per heavy atom. The molecule has 4 heterocycles. The molecule has 1 N–H and O–H groups in total. The molecule has 0 bridgehead atoms. The molecule has 2 fully saturated rings. The summed E-state index contributed by atoms with van der Waals surface area (Å²) in [7, 11) is 0. The highest BCUT2D eigenvalue weighted by atomic mass is 16.5. The van der Waals surface area contributed by atoms with Crippen LogP contribution in [-0.2, 0) is 9.53 Å². The zero-order chi connectivity index (χ0) is 20.9. The van der Waals surface area contributed by atoms with Gasteiger partial charge in [0.25, 0.3) is 0 Å². The summed E-state index contributed by atoms with van der Waals surface area (Å²) >= 11 is 0. The van der Waals surface area contributed by atoms with Crippen molar-refractivity contribution in [3.05, 3.63) is 54.0 Å². The van der Waals surface area contributed by atoms with Crippen LogP contribution in [0.5, 0.6) is 0 Å². The molecule has 2 aromatic rings. The second kappa shape index (κ2) is 6.98. The number of carbonyl (C=O) groups is 1. The largest absolute Gasteiger partial charge is 0.377 e. The molecule has 1 amide bonds. The lowest BCUT2D eigenvalue weighted by Crippen LogP contribution is -2.40. The summed E-state index contributed by atoms with van der Waals surface area (Å²) in [5.41, 5.74) is 2.38. The highest BCUT2D eigenvalue weighted by molar-refractivity contribution is 6.04. The van der Waals surface area contributed by atoms with E-state index in [1.165, 1.54) is 0 Å². The molecule has 8 heteroatoms. The summed E-state index contributed by atoms with van der Waals surface area (Å²) < 4.78 is 5.21. The Morgan fingerprint density at radius 2 is 1.93 bits per heavy atom. The van der Waals surface area contributed by atoms with Gasteiger partial charge in [0.1, 0.15) is 11.6 Å². The van der Waals surface area contributed by atoms with Gasteiger partial charge < -0.3 is 10.1 Å². The van der Waals surface area contributed by atoms with E-state index in [0.717, 1.165) is 29.1 Å². The standard InChI is InChI=1S/C22H24N6O2/c1-13-24-7-15(8-25-13)14-4-5-17-18(6-14)28(21(29)22(17,2)3)20-10-23-9-19(27-20)26-16-11-30-12-16/h4,6-10,16-17H,5,11-12H2,1-3H3,(H,26,27). The van der Waals surface area contributed by atoms with Gasteiger partial charge in [0.2, 0.25) is 5.91 Å². The molecule has 2 aromatic heterocycles. The summed E-state index contributed by atoms with van der Waals surface area (Å²) in [5.74, 6) is 2.03. The van der Waals surface area contributed by atoms with Crippen LogP contribution in [0.3, 0.4) is 0 Å². The highest BCUT2D eigenvalue weighted by Crippen LogP contribution is 2.50. The third-order valence-electron chi connectivity index (χ3n) is 6.07. The SMILES string of the molecule is Cc1ncc(C2=CCC3C(=C2)N(c2cncc(NC4COC4)n2)C(=O)C3(C)C)cn1. The number of carbonyl (C=O) groups excluding carboxylic acids is 1. The van der Waals surface area contributed by atoms with Crippen molar-refractivity contribution in [3.63, 3.8) is 0 Å². The van der Waals surface area contributed by atoms with Crippen molar-refractivity contribution in [3.8, 4) is 0 Å². The number of amides is 1. The molecule has 1 aliphatic carbocycles. The van der Waals surface area contributed by atoms with E-state index < -0.39 is 5.41 Å². The zero-order valence-electron chi connectivity index (χ0n) is 17.3. The number of aryl methyl sites for hydroxylation is 1. The number of hydrogen-bond donors (Lipinski definition) is 1. The lowest BCUT2D eigenvalue weighted by Gasteiger charge is -2.28. The Balaban J connectivity index is 1.52. The molecule has 0 spiro atoms. The second-order valence-corrected chi connectivity index (χ2v) is 8.54. The number of rotatable bonds is 4. The molecule has 8 nitrogen and oxygen atoms in total. The first kappa shape index (κ1) is 18.9. The van der Waals surface area contributed by atoms with Gasteiger partial charge in [-0.3, -0.25) is 14.7 Å². The maximum atomic E-state index is 13.4. The van der Waals surface area contributed by atoms with Crippen molar-refractivity contribution in [1.29, 1.82) is 0 Å². The van der Waals surface area contributed by atoms with Gasteiger partial charge in [0, 0.05) is 29.6 Å². The molecule has 0 radical (unpaired) electrons. The van der Waals surface area contributed by atoms with Crippen molar-refractivity contribution >= 4 is 23.1 Å². The van der Waals surface area contributed by atoms with Crippen LogP contribution in [0.15, 0.2) is 42.6 Å². The molecule has 2 aliphatic heterocycles. The van der Waals surface area contributed by atoms with Crippen molar-refractivity contribution in [2.45, 2.75) is 33.2 Å². The third-order valence-corrected chi connectivity index (χ3v) is 6.07. The Kier molecular flexibility index (Phi) is 4.39. The smallest absolute Gasteiger partial charge is 0.238 e. The van der Waals surface area contributed by atoms with Gasteiger partial charge in [0.05, 0.1) is 37.1 Å². The van der Waals surface area contributed by atoms with Gasteiger partial charge >= 0.3 is 0 Å².